The molecule has 0 saturated heterocycles. The largest absolute Gasteiger partial charge is 0.253 e. The van der Waals surface area contributed by atoms with Gasteiger partial charge in [-0.1, -0.05) is 0 Å². The van der Waals surface area contributed by atoms with E-state index in [0.29, 0.717) is 10.5 Å². The molecule has 1 aromatic heterocycles. The number of benzene rings is 1. The Kier molecular flexibility index (Phi) is 1.59. The number of nitriles is 1. The Hall–Kier alpha value is -1.34. The number of nitrogens with zero attached hydrogens (tertiary/aromatic N) is 2. The average molecular weight is 170 g/mol. The average Bonchev–Trinajstić information content (AvgIpc) is 2.43. The Morgan fingerprint density at radius 2 is 2.33 bits per heavy atom. The molecule has 0 fully saturated rings. The second kappa shape index (κ2) is 2.61. The van der Waals surface area contributed by atoms with Crippen LogP contribution in [0.25, 0.3) is 10.2 Å². The van der Waals surface area contributed by atoms with E-state index in [1.54, 1.807) is 18.2 Å². The highest BCUT2D eigenvalue weighted by Gasteiger charge is 1.99. The summed E-state index contributed by atoms with van der Waals surface area (Å²) in [5.74, 6) is 0. The van der Waals surface area contributed by atoms with E-state index in [9.17, 15) is 0 Å². The van der Waals surface area contributed by atoms with Crippen molar-refractivity contribution < 1.29 is 0 Å². The van der Waals surface area contributed by atoms with Crippen LogP contribution in [-0.4, -0.2) is 12.8 Å². The van der Waals surface area contributed by atoms with Crippen LogP contribution in [0.4, 0.5) is 0 Å². The Balaban J connectivity index is 2.77. The third-order valence-electron chi connectivity index (χ3n) is 1.53. The topological polar surface area (TPSA) is 36.7 Å². The lowest BCUT2D eigenvalue weighted by atomic mass is 10.2. The molecule has 1 aromatic carbocycles. The number of fused-ring (bicyclic) bond motifs is 1. The molecular weight excluding hydrogens is 167 g/mol. The third kappa shape index (κ3) is 1.08. The van der Waals surface area contributed by atoms with Crippen LogP contribution in [0.5, 0.6) is 0 Å². The molecule has 0 saturated carbocycles. The van der Waals surface area contributed by atoms with Gasteiger partial charge in [0.25, 0.3) is 0 Å². The van der Waals surface area contributed by atoms with Crippen LogP contribution in [-0.2, 0) is 0 Å². The molecule has 0 N–H and O–H groups in total. The molecule has 2 nitrogen and oxygen atoms in total. The first-order valence-electron chi connectivity index (χ1n) is 3.36. The van der Waals surface area contributed by atoms with E-state index in [0.717, 1.165) is 10.2 Å². The van der Waals surface area contributed by atoms with Crippen LogP contribution < -0.4 is 4.91 Å². The lowest BCUT2D eigenvalue weighted by Crippen LogP contribution is -1.96. The van der Waals surface area contributed by atoms with E-state index in [2.05, 4.69) is 11.1 Å². The number of hydrogen-bond acceptors (Lipinski definition) is 3. The molecule has 0 aliphatic rings. The predicted octanol–water partition coefficient (Wildman–Crippen LogP) is 0.962. The van der Waals surface area contributed by atoms with Crippen molar-refractivity contribution >= 4 is 34.3 Å². The van der Waals surface area contributed by atoms with E-state index >= 15 is 0 Å². The molecule has 4 heteroatoms. The standard InChI is InChI=1S/C8H3BN2S/c9-8-11-6-2-1-5(4-10)3-7(6)12-8/h1-3H. The van der Waals surface area contributed by atoms with Crippen molar-refractivity contribution in [3.05, 3.63) is 23.8 Å². The van der Waals surface area contributed by atoms with Gasteiger partial charge >= 0.3 is 0 Å². The normalized spacial score (nSPS) is 9.92. The molecule has 1 heterocycles. The molecule has 2 radical (unpaired) electrons. The maximum atomic E-state index is 8.61. The van der Waals surface area contributed by atoms with Crippen molar-refractivity contribution in [1.29, 1.82) is 5.26 Å². The number of rotatable bonds is 0. The quantitative estimate of drug-likeness (QED) is 0.552. The minimum Gasteiger partial charge on any atom is -0.253 e. The maximum absolute atomic E-state index is 8.61. The fourth-order valence-corrected chi connectivity index (χ4v) is 1.79. The lowest BCUT2D eigenvalue weighted by molar-refractivity contribution is 1.49. The lowest BCUT2D eigenvalue weighted by Gasteiger charge is -1.86. The fraction of sp³-hybridized carbons (Fsp3) is 0. The highest BCUT2D eigenvalue weighted by atomic mass is 32.1. The van der Waals surface area contributed by atoms with Crippen LogP contribution >= 0.6 is 11.3 Å². The van der Waals surface area contributed by atoms with E-state index in [1.807, 2.05) is 0 Å². The monoisotopic (exact) mass is 170 g/mol. The molecule has 0 atom stereocenters. The minimum absolute atomic E-state index is 0.542. The molecular formula is C8H3BN2S. The fourth-order valence-electron chi connectivity index (χ4n) is 1.01. The van der Waals surface area contributed by atoms with Gasteiger partial charge in [0.1, 0.15) is 0 Å². The first-order chi connectivity index (χ1) is 5.79. The smallest absolute Gasteiger partial charge is 0.157 e. The van der Waals surface area contributed by atoms with Crippen LogP contribution in [0.3, 0.4) is 0 Å². The van der Waals surface area contributed by atoms with Crippen LogP contribution in [0.2, 0.25) is 0 Å². The Bertz CT molecular complexity index is 469. The van der Waals surface area contributed by atoms with E-state index in [1.165, 1.54) is 11.3 Å². The molecule has 0 amide bonds. The Labute approximate surface area is 74.9 Å². The highest BCUT2D eigenvalue weighted by molar-refractivity contribution is 7.25. The van der Waals surface area contributed by atoms with Crippen molar-refractivity contribution in [2.75, 3.05) is 0 Å². The van der Waals surface area contributed by atoms with Gasteiger partial charge in [-0.2, -0.15) is 5.26 Å². The zero-order chi connectivity index (χ0) is 8.55. The zero-order valence-corrected chi connectivity index (χ0v) is 6.93. The zero-order valence-electron chi connectivity index (χ0n) is 6.11. The van der Waals surface area contributed by atoms with Gasteiger partial charge in [-0.25, -0.2) is 0 Å². The third-order valence-corrected chi connectivity index (χ3v) is 2.38. The number of hydrogen-bond donors (Lipinski definition) is 0. The summed E-state index contributed by atoms with van der Waals surface area (Å²) in [5.41, 5.74) is 1.50. The van der Waals surface area contributed by atoms with Crippen molar-refractivity contribution in [3.8, 4) is 6.07 Å². The summed E-state index contributed by atoms with van der Waals surface area (Å²) in [6, 6.07) is 7.41. The second-order valence-corrected chi connectivity index (χ2v) is 3.41. The molecule has 0 aliphatic carbocycles. The SMILES string of the molecule is [B]c1nc2ccc(C#N)cc2s1. The Morgan fingerprint density at radius 1 is 1.50 bits per heavy atom. The van der Waals surface area contributed by atoms with Crippen LogP contribution in [0.15, 0.2) is 18.2 Å². The first kappa shape index (κ1) is 7.32. The van der Waals surface area contributed by atoms with Crippen molar-refractivity contribution in [2.24, 2.45) is 0 Å². The van der Waals surface area contributed by atoms with Crippen molar-refractivity contribution in [3.63, 3.8) is 0 Å². The molecule has 0 unspecified atom stereocenters. The van der Waals surface area contributed by atoms with Crippen LogP contribution in [0, 0.1) is 11.3 Å². The van der Waals surface area contributed by atoms with E-state index in [-0.39, 0.29) is 0 Å². The minimum atomic E-state index is 0.542. The van der Waals surface area contributed by atoms with Gasteiger partial charge in [-0.3, -0.25) is 4.98 Å². The van der Waals surface area contributed by atoms with Crippen molar-refractivity contribution in [2.45, 2.75) is 0 Å². The summed E-state index contributed by atoms with van der Waals surface area (Å²) in [6.07, 6.45) is 0. The Morgan fingerprint density at radius 3 is 3.08 bits per heavy atom. The van der Waals surface area contributed by atoms with Gasteiger partial charge in [0, 0.05) is 4.91 Å². The molecule has 54 valence electrons. The molecule has 2 aromatic rings. The summed E-state index contributed by atoms with van der Waals surface area (Å²) < 4.78 is 0.964. The predicted molar refractivity (Wildman–Crippen MR) is 49.7 cm³/mol. The molecule has 2 rings (SSSR count). The highest BCUT2D eigenvalue weighted by Crippen LogP contribution is 2.16. The number of aromatic nitrogens is 1. The first-order valence-corrected chi connectivity index (χ1v) is 4.17. The number of thiazole rings is 1. The van der Waals surface area contributed by atoms with Gasteiger partial charge < -0.3 is 0 Å². The molecule has 0 aliphatic heterocycles. The maximum Gasteiger partial charge on any atom is 0.157 e. The summed E-state index contributed by atoms with van der Waals surface area (Å²) in [7, 11) is 5.51. The van der Waals surface area contributed by atoms with E-state index < -0.39 is 0 Å². The summed E-state index contributed by atoms with van der Waals surface area (Å²) in [6.45, 7) is 0. The van der Waals surface area contributed by atoms with Crippen LogP contribution in [0.1, 0.15) is 5.56 Å². The molecule has 0 bridgehead atoms. The second-order valence-electron chi connectivity index (χ2n) is 2.35. The summed E-state index contributed by atoms with van der Waals surface area (Å²) in [5, 5.41) is 8.61. The van der Waals surface area contributed by atoms with Crippen molar-refractivity contribution in [1.82, 2.24) is 4.98 Å². The molecule has 0 spiro atoms. The summed E-state index contributed by atoms with van der Waals surface area (Å²) >= 11 is 1.40. The summed E-state index contributed by atoms with van der Waals surface area (Å²) in [4.78, 5) is 4.62. The van der Waals surface area contributed by atoms with Gasteiger partial charge in [0.2, 0.25) is 0 Å². The van der Waals surface area contributed by atoms with Gasteiger partial charge in [0.05, 0.1) is 21.8 Å². The van der Waals surface area contributed by atoms with E-state index in [4.69, 9.17) is 13.1 Å². The molecule has 12 heavy (non-hydrogen) atoms. The van der Waals surface area contributed by atoms with Gasteiger partial charge in [-0.15, -0.1) is 11.3 Å². The van der Waals surface area contributed by atoms with Gasteiger partial charge in [0.15, 0.2) is 7.85 Å². The van der Waals surface area contributed by atoms with Gasteiger partial charge in [-0.05, 0) is 18.2 Å².